The van der Waals surface area contributed by atoms with Crippen molar-refractivity contribution >= 4 is 38.9 Å². The number of hydrogen-bond donors (Lipinski definition) is 0. The Balaban J connectivity index is 1.40. The summed E-state index contributed by atoms with van der Waals surface area (Å²) in [6, 6.07) is 51.2. The van der Waals surface area contributed by atoms with Crippen molar-refractivity contribution in [2.45, 2.75) is 0 Å². The van der Waals surface area contributed by atoms with Crippen molar-refractivity contribution in [3.63, 3.8) is 0 Å². The Hall–Kier alpha value is -5.15. The molecule has 5 aromatic carbocycles. The Morgan fingerprint density at radius 3 is 1.79 bits per heavy atom. The summed E-state index contributed by atoms with van der Waals surface area (Å²) in [7, 11) is 0. The third kappa shape index (κ3) is 3.82. The van der Waals surface area contributed by atoms with Crippen molar-refractivity contribution in [2.24, 2.45) is 0 Å². The number of hydrogen-bond acceptors (Lipinski definition) is 2. The van der Waals surface area contributed by atoms with E-state index in [2.05, 4.69) is 142 Å². The minimum atomic E-state index is 0.979. The van der Waals surface area contributed by atoms with E-state index in [0.29, 0.717) is 0 Å². The van der Waals surface area contributed by atoms with Crippen molar-refractivity contribution in [3.8, 4) is 16.9 Å². The molecule has 0 saturated heterocycles. The Morgan fingerprint density at radius 2 is 1.11 bits per heavy atom. The van der Waals surface area contributed by atoms with Crippen LogP contribution in [-0.4, -0.2) is 9.55 Å². The SMILES string of the molecule is c1ccc(N(c2ccccc2)c2ccc3c(c2)c2ccccc2n3-c2ccc(-c3ccccn3)cc2)cc1. The van der Waals surface area contributed by atoms with E-state index in [4.69, 9.17) is 0 Å². The second-order valence-corrected chi connectivity index (χ2v) is 9.32. The number of aromatic nitrogens is 2. The van der Waals surface area contributed by atoms with Crippen LogP contribution in [0.5, 0.6) is 0 Å². The first kappa shape index (κ1) is 22.1. The Kier molecular flexibility index (Phi) is 5.45. The fourth-order valence-electron chi connectivity index (χ4n) is 5.29. The molecule has 0 bridgehead atoms. The van der Waals surface area contributed by atoms with Crippen molar-refractivity contribution in [2.75, 3.05) is 4.90 Å². The van der Waals surface area contributed by atoms with Gasteiger partial charge in [0.15, 0.2) is 0 Å². The lowest BCUT2D eigenvalue weighted by Gasteiger charge is -2.25. The maximum absolute atomic E-state index is 4.51. The first-order valence-electron chi connectivity index (χ1n) is 12.8. The Morgan fingerprint density at radius 1 is 0.474 bits per heavy atom. The summed E-state index contributed by atoms with van der Waals surface area (Å²) in [6.07, 6.45) is 1.84. The van der Waals surface area contributed by atoms with Gasteiger partial charge in [-0.15, -0.1) is 0 Å². The van der Waals surface area contributed by atoms with Gasteiger partial charge in [0.2, 0.25) is 0 Å². The van der Waals surface area contributed by atoms with Gasteiger partial charge in [-0.05, 0) is 72.8 Å². The molecule has 7 aromatic rings. The first-order valence-corrected chi connectivity index (χ1v) is 12.8. The summed E-state index contributed by atoms with van der Waals surface area (Å²) in [5.41, 5.74) is 8.98. The second-order valence-electron chi connectivity index (χ2n) is 9.32. The molecule has 0 aliphatic carbocycles. The largest absolute Gasteiger partial charge is 0.310 e. The molecule has 180 valence electrons. The fraction of sp³-hybridized carbons (Fsp3) is 0. The number of fused-ring (bicyclic) bond motifs is 3. The Labute approximate surface area is 221 Å². The van der Waals surface area contributed by atoms with E-state index >= 15 is 0 Å². The molecule has 0 unspecified atom stereocenters. The number of para-hydroxylation sites is 3. The number of nitrogens with zero attached hydrogens (tertiary/aromatic N) is 3. The monoisotopic (exact) mass is 487 g/mol. The van der Waals surface area contributed by atoms with E-state index in [1.807, 2.05) is 24.4 Å². The van der Waals surface area contributed by atoms with Crippen molar-refractivity contribution in [1.29, 1.82) is 0 Å². The first-order chi connectivity index (χ1) is 18.9. The van der Waals surface area contributed by atoms with Crippen LogP contribution in [0.3, 0.4) is 0 Å². The van der Waals surface area contributed by atoms with Crippen LogP contribution in [0, 0.1) is 0 Å². The molecule has 0 amide bonds. The summed E-state index contributed by atoms with van der Waals surface area (Å²) in [5, 5.41) is 2.46. The van der Waals surface area contributed by atoms with Crippen molar-refractivity contribution < 1.29 is 0 Å². The predicted molar refractivity (Wildman–Crippen MR) is 159 cm³/mol. The van der Waals surface area contributed by atoms with Crippen LogP contribution in [0.25, 0.3) is 38.8 Å². The molecule has 0 spiro atoms. The molecular weight excluding hydrogens is 462 g/mol. The van der Waals surface area contributed by atoms with Gasteiger partial charge in [0.05, 0.1) is 16.7 Å². The molecule has 3 heteroatoms. The normalized spacial score (nSPS) is 11.2. The predicted octanol–water partition coefficient (Wildman–Crippen LogP) is 9.32. The average molecular weight is 488 g/mol. The molecule has 2 aromatic heterocycles. The van der Waals surface area contributed by atoms with E-state index in [9.17, 15) is 0 Å². The van der Waals surface area contributed by atoms with Gasteiger partial charge in [-0.2, -0.15) is 0 Å². The highest BCUT2D eigenvalue weighted by Crippen LogP contribution is 2.39. The van der Waals surface area contributed by atoms with E-state index < -0.39 is 0 Å². The summed E-state index contributed by atoms with van der Waals surface area (Å²) >= 11 is 0. The topological polar surface area (TPSA) is 21.1 Å². The second kappa shape index (κ2) is 9.38. The van der Waals surface area contributed by atoms with E-state index in [-0.39, 0.29) is 0 Å². The zero-order valence-corrected chi connectivity index (χ0v) is 20.8. The lowest BCUT2D eigenvalue weighted by atomic mass is 10.1. The molecule has 0 fully saturated rings. The molecule has 0 aliphatic heterocycles. The van der Waals surface area contributed by atoms with Crippen LogP contribution in [0.15, 0.2) is 152 Å². The standard InChI is InChI=1S/C35H25N3/c1-3-11-27(12-4-1)37(28-13-5-2-6-14-28)30-22-23-35-32(25-30)31-15-7-8-17-34(31)38(35)29-20-18-26(19-21-29)33-16-9-10-24-36-33/h1-25H. The highest BCUT2D eigenvalue weighted by Gasteiger charge is 2.17. The number of rotatable bonds is 5. The quantitative estimate of drug-likeness (QED) is 0.241. The van der Waals surface area contributed by atoms with Gasteiger partial charge in [-0.1, -0.05) is 72.8 Å². The summed E-state index contributed by atoms with van der Waals surface area (Å²) in [5.74, 6) is 0. The molecule has 0 radical (unpaired) electrons. The van der Waals surface area contributed by atoms with Crippen LogP contribution in [-0.2, 0) is 0 Å². The molecule has 0 N–H and O–H groups in total. The maximum atomic E-state index is 4.51. The summed E-state index contributed by atoms with van der Waals surface area (Å²) in [6.45, 7) is 0. The van der Waals surface area contributed by atoms with Gasteiger partial charge in [-0.25, -0.2) is 0 Å². The van der Waals surface area contributed by atoms with Gasteiger partial charge in [0, 0.05) is 45.3 Å². The number of pyridine rings is 1. The van der Waals surface area contributed by atoms with E-state index in [1.165, 1.54) is 21.8 Å². The number of benzene rings is 5. The zero-order valence-electron chi connectivity index (χ0n) is 20.8. The van der Waals surface area contributed by atoms with Crippen LogP contribution >= 0.6 is 0 Å². The highest BCUT2D eigenvalue weighted by molar-refractivity contribution is 6.10. The van der Waals surface area contributed by atoms with Gasteiger partial charge < -0.3 is 9.47 Å². The molecule has 3 nitrogen and oxygen atoms in total. The maximum Gasteiger partial charge on any atom is 0.0701 e. The zero-order chi connectivity index (χ0) is 25.3. The molecule has 38 heavy (non-hydrogen) atoms. The number of anilines is 3. The molecule has 0 saturated carbocycles. The third-order valence-corrected chi connectivity index (χ3v) is 7.03. The minimum absolute atomic E-state index is 0.979. The van der Waals surface area contributed by atoms with E-state index in [0.717, 1.165) is 34.0 Å². The summed E-state index contributed by atoms with van der Waals surface area (Å²) < 4.78 is 2.35. The smallest absolute Gasteiger partial charge is 0.0701 e. The molecule has 0 atom stereocenters. The Bertz CT molecular complexity index is 1800. The highest BCUT2D eigenvalue weighted by atomic mass is 15.1. The van der Waals surface area contributed by atoms with Crippen LogP contribution in [0.4, 0.5) is 17.1 Å². The lowest BCUT2D eigenvalue weighted by molar-refractivity contribution is 1.18. The van der Waals surface area contributed by atoms with Gasteiger partial charge >= 0.3 is 0 Å². The van der Waals surface area contributed by atoms with Gasteiger partial charge in [-0.3, -0.25) is 4.98 Å². The van der Waals surface area contributed by atoms with Crippen LogP contribution < -0.4 is 4.90 Å². The van der Waals surface area contributed by atoms with E-state index in [1.54, 1.807) is 0 Å². The molecular formula is C35H25N3. The van der Waals surface area contributed by atoms with Crippen molar-refractivity contribution in [3.05, 3.63) is 152 Å². The minimum Gasteiger partial charge on any atom is -0.310 e. The van der Waals surface area contributed by atoms with Crippen LogP contribution in [0.2, 0.25) is 0 Å². The lowest BCUT2D eigenvalue weighted by Crippen LogP contribution is -2.09. The van der Waals surface area contributed by atoms with Crippen LogP contribution in [0.1, 0.15) is 0 Å². The van der Waals surface area contributed by atoms with Gasteiger partial charge in [0.1, 0.15) is 0 Å². The molecule has 0 aliphatic rings. The average Bonchev–Trinajstić information content (AvgIpc) is 3.33. The fourth-order valence-corrected chi connectivity index (χ4v) is 5.29. The van der Waals surface area contributed by atoms with Crippen molar-refractivity contribution in [1.82, 2.24) is 9.55 Å². The van der Waals surface area contributed by atoms with Gasteiger partial charge in [0.25, 0.3) is 0 Å². The summed E-state index contributed by atoms with van der Waals surface area (Å²) in [4.78, 5) is 6.82. The molecule has 2 heterocycles. The molecule has 7 rings (SSSR count). The third-order valence-electron chi connectivity index (χ3n) is 7.03.